The highest BCUT2D eigenvalue weighted by molar-refractivity contribution is 5.94. The lowest BCUT2D eigenvalue weighted by Crippen LogP contribution is -2.39. The fourth-order valence-corrected chi connectivity index (χ4v) is 4.82. The Kier molecular flexibility index (Phi) is 8.54. The number of carbonyl (C=O) groups is 1. The molecule has 0 aliphatic rings. The molecule has 1 unspecified atom stereocenters. The minimum absolute atomic E-state index is 0.0294. The first-order valence-corrected chi connectivity index (χ1v) is 13.5. The zero-order valence-corrected chi connectivity index (χ0v) is 22.4. The first-order chi connectivity index (χ1) is 18.0. The van der Waals surface area contributed by atoms with E-state index >= 15 is 0 Å². The molecule has 0 saturated carbocycles. The van der Waals surface area contributed by atoms with E-state index in [2.05, 4.69) is 39.8 Å². The number of benzene rings is 3. The highest BCUT2D eigenvalue weighted by Crippen LogP contribution is 2.28. The number of hydrogen-bond donors (Lipinski definition) is 0. The van der Waals surface area contributed by atoms with Crippen LogP contribution in [0.15, 0.2) is 77.6 Å². The summed E-state index contributed by atoms with van der Waals surface area (Å²) in [7, 11) is 0. The predicted octanol–water partition coefficient (Wildman–Crippen LogP) is 6.90. The Morgan fingerprint density at radius 1 is 0.865 bits per heavy atom. The van der Waals surface area contributed by atoms with Crippen molar-refractivity contribution in [1.29, 1.82) is 0 Å². The lowest BCUT2D eigenvalue weighted by Gasteiger charge is -2.32. The Morgan fingerprint density at radius 2 is 1.49 bits per heavy atom. The van der Waals surface area contributed by atoms with Crippen LogP contribution in [0, 0.1) is 0 Å². The summed E-state index contributed by atoms with van der Waals surface area (Å²) in [5.74, 6) is 0.573. The van der Waals surface area contributed by atoms with E-state index in [1.165, 1.54) is 11.1 Å². The van der Waals surface area contributed by atoms with Crippen LogP contribution in [0.5, 0.6) is 0 Å². The molecule has 192 valence electrons. The van der Waals surface area contributed by atoms with E-state index in [1.807, 2.05) is 65.6 Å². The second-order valence-electron chi connectivity index (χ2n) is 9.47. The molecule has 1 aromatic heterocycles. The minimum atomic E-state index is -0.354. The van der Waals surface area contributed by atoms with Crippen LogP contribution in [0.4, 0.5) is 0 Å². The highest BCUT2D eigenvalue weighted by Gasteiger charge is 2.29. The van der Waals surface area contributed by atoms with Crippen molar-refractivity contribution in [3.05, 3.63) is 106 Å². The molecule has 5 heteroatoms. The molecule has 0 radical (unpaired) electrons. The van der Waals surface area contributed by atoms with Crippen molar-refractivity contribution in [3.63, 3.8) is 0 Å². The van der Waals surface area contributed by atoms with Gasteiger partial charge in [0.2, 0.25) is 0 Å². The van der Waals surface area contributed by atoms with Gasteiger partial charge in [-0.25, -0.2) is 4.98 Å². The number of rotatable bonds is 10. The number of hydrogen-bond acceptors (Lipinski definition) is 3. The maximum Gasteiger partial charge on any atom is 0.266 e. The van der Waals surface area contributed by atoms with Gasteiger partial charge in [0.1, 0.15) is 5.82 Å². The molecular formula is C32H37N3O2. The van der Waals surface area contributed by atoms with Gasteiger partial charge in [0.15, 0.2) is 0 Å². The molecule has 1 atom stereocenters. The summed E-state index contributed by atoms with van der Waals surface area (Å²) in [6, 6.07) is 23.0. The van der Waals surface area contributed by atoms with Crippen molar-refractivity contribution in [2.45, 2.75) is 65.8 Å². The third-order valence-electron chi connectivity index (χ3n) is 7.09. The zero-order valence-electron chi connectivity index (χ0n) is 22.4. The highest BCUT2D eigenvalue weighted by atomic mass is 16.2. The van der Waals surface area contributed by atoms with Gasteiger partial charge in [0, 0.05) is 12.1 Å². The standard InChI is InChI=1S/C32H37N3O2/c1-5-9-22-34(31(36)25-18-14-23(6-2)15-19-25)29(8-4)30-33-28-13-11-10-12-27(28)32(37)35(30)26-20-16-24(7-3)17-21-26/h10-21,29H,5-9,22H2,1-4H3. The molecule has 0 bridgehead atoms. The van der Waals surface area contributed by atoms with Gasteiger partial charge in [-0.3, -0.25) is 14.2 Å². The summed E-state index contributed by atoms with van der Waals surface area (Å²) in [6.07, 6.45) is 4.32. The van der Waals surface area contributed by atoms with Gasteiger partial charge < -0.3 is 4.90 Å². The molecule has 0 aliphatic heterocycles. The summed E-state index contributed by atoms with van der Waals surface area (Å²) in [5.41, 5.74) is 4.37. The summed E-state index contributed by atoms with van der Waals surface area (Å²) in [6.45, 7) is 9.00. The van der Waals surface area contributed by atoms with Crippen LogP contribution in [0.1, 0.15) is 80.3 Å². The zero-order chi connectivity index (χ0) is 26.4. The number of carbonyl (C=O) groups excluding carboxylic acids is 1. The first kappa shape index (κ1) is 26.3. The number of unbranched alkanes of at least 4 members (excludes halogenated alkanes) is 1. The van der Waals surface area contributed by atoms with Crippen LogP contribution in [0.25, 0.3) is 16.6 Å². The number of amides is 1. The number of aromatic nitrogens is 2. The van der Waals surface area contributed by atoms with Crippen molar-refractivity contribution in [1.82, 2.24) is 14.5 Å². The summed E-state index contributed by atoms with van der Waals surface area (Å²) in [5, 5.41) is 0.572. The molecular weight excluding hydrogens is 458 g/mol. The molecule has 0 spiro atoms. The third kappa shape index (κ3) is 5.51. The molecule has 0 N–H and O–H groups in total. The molecule has 5 nitrogen and oxygen atoms in total. The van der Waals surface area contributed by atoms with Gasteiger partial charge in [-0.1, -0.05) is 70.5 Å². The normalized spacial score (nSPS) is 12.0. The lowest BCUT2D eigenvalue weighted by molar-refractivity contribution is 0.0656. The van der Waals surface area contributed by atoms with Crippen molar-refractivity contribution in [3.8, 4) is 5.69 Å². The quantitative estimate of drug-likeness (QED) is 0.240. The van der Waals surface area contributed by atoms with E-state index in [-0.39, 0.29) is 17.5 Å². The lowest BCUT2D eigenvalue weighted by atomic mass is 10.1. The van der Waals surface area contributed by atoms with E-state index in [0.29, 0.717) is 35.3 Å². The van der Waals surface area contributed by atoms with Gasteiger partial charge in [-0.2, -0.15) is 0 Å². The van der Waals surface area contributed by atoms with E-state index in [1.54, 1.807) is 4.57 Å². The molecule has 1 heterocycles. The van der Waals surface area contributed by atoms with Crippen LogP contribution in [0.2, 0.25) is 0 Å². The van der Waals surface area contributed by atoms with Crippen molar-refractivity contribution in [2.24, 2.45) is 0 Å². The number of aryl methyl sites for hydroxylation is 2. The van der Waals surface area contributed by atoms with Crippen LogP contribution in [0.3, 0.4) is 0 Å². The maximum atomic E-state index is 13.9. The van der Waals surface area contributed by atoms with Gasteiger partial charge in [0.25, 0.3) is 11.5 Å². The van der Waals surface area contributed by atoms with Crippen LogP contribution < -0.4 is 5.56 Å². The smallest absolute Gasteiger partial charge is 0.266 e. The third-order valence-corrected chi connectivity index (χ3v) is 7.09. The van der Waals surface area contributed by atoms with Crippen LogP contribution >= 0.6 is 0 Å². The average Bonchev–Trinajstić information content (AvgIpc) is 2.95. The van der Waals surface area contributed by atoms with Crippen LogP contribution in [-0.4, -0.2) is 26.9 Å². The van der Waals surface area contributed by atoms with Crippen molar-refractivity contribution >= 4 is 16.8 Å². The molecule has 1 amide bonds. The first-order valence-electron chi connectivity index (χ1n) is 13.5. The van der Waals surface area contributed by atoms with E-state index < -0.39 is 0 Å². The minimum Gasteiger partial charge on any atom is -0.328 e. The van der Waals surface area contributed by atoms with E-state index in [4.69, 9.17) is 4.98 Å². The molecule has 37 heavy (non-hydrogen) atoms. The van der Waals surface area contributed by atoms with Crippen molar-refractivity contribution < 1.29 is 4.79 Å². The topological polar surface area (TPSA) is 55.2 Å². The van der Waals surface area contributed by atoms with E-state index in [0.717, 1.165) is 31.4 Å². The van der Waals surface area contributed by atoms with Gasteiger partial charge in [0.05, 0.1) is 22.6 Å². The van der Waals surface area contributed by atoms with Gasteiger partial charge in [-0.15, -0.1) is 0 Å². The number of nitrogens with zero attached hydrogens (tertiary/aromatic N) is 3. The molecule has 4 aromatic rings. The molecule has 0 fully saturated rings. The van der Waals surface area contributed by atoms with Crippen molar-refractivity contribution in [2.75, 3.05) is 6.54 Å². The maximum absolute atomic E-state index is 13.9. The fourth-order valence-electron chi connectivity index (χ4n) is 4.82. The van der Waals surface area contributed by atoms with Gasteiger partial charge in [-0.05, 0) is 73.2 Å². The Labute approximate surface area is 219 Å². The summed E-state index contributed by atoms with van der Waals surface area (Å²) < 4.78 is 1.71. The predicted molar refractivity (Wildman–Crippen MR) is 152 cm³/mol. The number of fused-ring (bicyclic) bond motifs is 1. The Hall–Kier alpha value is -3.73. The van der Waals surface area contributed by atoms with Crippen LogP contribution in [-0.2, 0) is 12.8 Å². The largest absolute Gasteiger partial charge is 0.328 e. The molecule has 0 saturated heterocycles. The molecule has 3 aromatic carbocycles. The van der Waals surface area contributed by atoms with Gasteiger partial charge >= 0.3 is 0 Å². The second kappa shape index (κ2) is 12.0. The average molecular weight is 496 g/mol. The second-order valence-corrected chi connectivity index (χ2v) is 9.47. The SMILES string of the molecule is CCCCN(C(=O)c1ccc(CC)cc1)C(CC)c1nc2ccccc2c(=O)n1-c1ccc(CC)cc1. The fraction of sp³-hybridized carbons (Fsp3) is 0.344. The summed E-state index contributed by atoms with van der Waals surface area (Å²) >= 11 is 0. The number of para-hydroxylation sites is 1. The molecule has 4 rings (SSSR count). The van der Waals surface area contributed by atoms with E-state index in [9.17, 15) is 9.59 Å². The monoisotopic (exact) mass is 495 g/mol. The Balaban J connectivity index is 1.90. The molecule has 0 aliphatic carbocycles. The summed E-state index contributed by atoms with van der Waals surface area (Å²) in [4.78, 5) is 34.7. The Bertz CT molecular complexity index is 1410. The Morgan fingerprint density at radius 3 is 2.08 bits per heavy atom.